The van der Waals surface area contributed by atoms with E-state index in [-0.39, 0.29) is 6.10 Å². The predicted octanol–water partition coefficient (Wildman–Crippen LogP) is 5.55. The van der Waals surface area contributed by atoms with Gasteiger partial charge in [0, 0.05) is 60.0 Å². The van der Waals surface area contributed by atoms with E-state index in [2.05, 4.69) is 23.1 Å². The molecule has 166 valence electrons. The van der Waals surface area contributed by atoms with Gasteiger partial charge in [-0.3, -0.25) is 0 Å². The highest BCUT2D eigenvalue weighted by Gasteiger charge is 2.33. The number of hydrogen-bond donors (Lipinski definition) is 2. The molecule has 6 heteroatoms. The molecule has 2 aromatic carbocycles. The van der Waals surface area contributed by atoms with Crippen LogP contribution in [0, 0.1) is 23.7 Å². The minimum Gasteiger partial charge on any atom is -0.485 e. The lowest BCUT2D eigenvalue weighted by molar-refractivity contribution is 0.154. The van der Waals surface area contributed by atoms with Crippen molar-refractivity contribution in [2.45, 2.75) is 32.3 Å². The van der Waals surface area contributed by atoms with Gasteiger partial charge in [-0.25, -0.2) is 5.01 Å². The largest absolute Gasteiger partial charge is 0.485 e. The average molecular weight is 438 g/mol. The Morgan fingerprint density at radius 2 is 2.03 bits per heavy atom. The van der Waals surface area contributed by atoms with Crippen LogP contribution in [0.1, 0.15) is 47.6 Å². The average Bonchev–Trinajstić information content (AvgIpc) is 3.50. The molecular weight excluding hydrogens is 410 g/mol. The maximum Gasteiger partial charge on any atom is 0.129 e. The maximum atomic E-state index is 9.58. The number of anilines is 2. The third kappa shape index (κ3) is 3.92. The number of nitrogens with one attached hydrogen (secondary N) is 2. The van der Waals surface area contributed by atoms with E-state index < -0.39 is 0 Å². The first-order chi connectivity index (χ1) is 16.1. The molecule has 0 aliphatic carbocycles. The minimum absolute atomic E-state index is 0.198. The van der Waals surface area contributed by atoms with Crippen LogP contribution in [0.4, 0.5) is 11.4 Å². The molecule has 3 aliphatic rings. The molecule has 0 aromatic heterocycles. The third-order valence-corrected chi connectivity index (χ3v) is 6.50. The molecule has 33 heavy (non-hydrogen) atoms. The van der Waals surface area contributed by atoms with Crippen LogP contribution in [-0.2, 0) is 4.74 Å². The molecule has 5 rings (SSSR count). The van der Waals surface area contributed by atoms with Crippen LogP contribution >= 0.6 is 0 Å². The smallest absolute Gasteiger partial charge is 0.129 e. The van der Waals surface area contributed by atoms with Gasteiger partial charge >= 0.3 is 0 Å². The number of hydrogen-bond acceptors (Lipinski definition) is 6. The zero-order chi connectivity index (χ0) is 22.9. The molecule has 2 N–H and O–H groups in total. The van der Waals surface area contributed by atoms with Crippen LogP contribution in [0.15, 0.2) is 72.3 Å². The Labute approximate surface area is 194 Å². The van der Waals surface area contributed by atoms with Crippen LogP contribution in [0.3, 0.4) is 0 Å². The van der Waals surface area contributed by atoms with Crippen molar-refractivity contribution in [2.24, 2.45) is 0 Å². The van der Waals surface area contributed by atoms with E-state index >= 15 is 0 Å². The lowest BCUT2D eigenvalue weighted by atomic mass is 9.95. The van der Waals surface area contributed by atoms with Gasteiger partial charge in [0.1, 0.15) is 11.9 Å². The van der Waals surface area contributed by atoms with Gasteiger partial charge in [-0.1, -0.05) is 18.7 Å². The fraction of sp³-hybridized carbons (Fsp3) is 0.259. The lowest BCUT2D eigenvalue weighted by Crippen LogP contribution is -2.27. The number of nitrogens with zero attached hydrogens (tertiary/aromatic N) is 3. The van der Waals surface area contributed by atoms with Crippen molar-refractivity contribution >= 4 is 17.6 Å². The van der Waals surface area contributed by atoms with Gasteiger partial charge in [-0.15, -0.1) is 0 Å². The molecule has 0 saturated carbocycles. The number of hydrazine groups is 1. The Kier molecular flexibility index (Phi) is 5.49. The Bertz CT molecular complexity index is 1230. The van der Waals surface area contributed by atoms with Crippen LogP contribution in [-0.4, -0.2) is 24.3 Å². The van der Waals surface area contributed by atoms with Crippen molar-refractivity contribution in [1.29, 1.82) is 10.7 Å². The summed E-state index contributed by atoms with van der Waals surface area (Å²) >= 11 is 0. The molecule has 1 atom stereocenters. The second-order valence-corrected chi connectivity index (χ2v) is 8.71. The van der Waals surface area contributed by atoms with Gasteiger partial charge in [0.2, 0.25) is 0 Å². The highest BCUT2D eigenvalue weighted by molar-refractivity contribution is 5.88. The first-order valence-electron chi connectivity index (χ1n) is 11.3. The Morgan fingerprint density at radius 1 is 1.21 bits per heavy atom. The first kappa shape index (κ1) is 21.0. The molecule has 0 amide bonds. The summed E-state index contributed by atoms with van der Waals surface area (Å²) < 4.78 is 6.23. The molecular formula is C27H27N5O. The molecule has 0 radical (unpaired) electrons. The van der Waals surface area contributed by atoms with Crippen molar-refractivity contribution in [1.82, 2.24) is 5.01 Å². The van der Waals surface area contributed by atoms with Gasteiger partial charge < -0.3 is 20.5 Å². The van der Waals surface area contributed by atoms with Gasteiger partial charge in [-0.05, 0) is 55.7 Å². The molecule has 2 aromatic rings. The van der Waals surface area contributed by atoms with E-state index in [1.165, 1.54) is 19.1 Å². The highest BCUT2D eigenvalue weighted by atomic mass is 16.5. The number of rotatable bonds is 5. The number of ether oxygens (including phenoxy) is 1. The van der Waals surface area contributed by atoms with Crippen LogP contribution in [0.25, 0.3) is 0 Å². The normalized spacial score (nSPS) is 19.9. The van der Waals surface area contributed by atoms with E-state index in [1.807, 2.05) is 60.5 Å². The number of allylic oxidation sites excluding steroid dienone is 2. The van der Waals surface area contributed by atoms with Crippen molar-refractivity contribution in [3.8, 4) is 6.07 Å². The standard InChI is InChI=1S/C27H27N5O/c1-18-5-7-23(20(13-18)16-28)27-15-24-19(2)32(12-9-26(24)33-27)22-6-8-25(21(14-22)17-29)30-31-10-3-4-11-31/h5-9,12-14,17,27,29-30H,2-4,10-11,15H2,1H3. The Morgan fingerprint density at radius 3 is 2.79 bits per heavy atom. The minimum atomic E-state index is -0.198. The summed E-state index contributed by atoms with van der Waals surface area (Å²) in [4.78, 5) is 2.04. The second-order valence-electron chi connectivity index (χ2n) is 8.71. The fourth-order valence-corrected chi connectivity index (χ4v) is 4.71. The van der Waals surface area contributed by atoms with Crippen LogP contribution in [0.5, 0.6) is 0 Å². The van der Waals surface area contributed by atoms with E-state index in [4.69, 9.17) is 10.1 Å². The fourth-order valence-electron chi connectivity index (χ4n) is 4.71. The molecule has 6 nitrogen and oxygen atoms in total. The van der Waals surface area contributed by atoms with Crippen molar-refractivity contribution in [2.75, 3.05) is 23.4 Å². The van der Waals surface area contributed by atoms with E-state index in [1.54, 1.807) is 0 Å². The molecule has 1 unspecified atom stereocenters. The molecule has 1 fully saturated rings. The predicted molar refractivity (Wildman–Crippen MR) is 131 cm³/mol. The number of aryl methyl sites for hydroxylation is 1. The van der Waals surface area contributed by atoms with Crippen molar-refractivity contribution in [3.05, 3.63) is 94.5 Å². The van der Waals surface area contributed by atoms with Gasteiger partial charge in [0.05, 0.1) is 17.3 Å². The molecule has 3 heterocycles. The molecule has 0 spiro atoms. The monoisotopic (exact) mass is 437 g/mol. The SMILES string of the molecule is C=C1C2=C(C=CN1c1ccc(NN3CCCC3)c(C=N)c1)OC(c1ccc(C)cc1C#N)C2. The van der Waals surface area contributed by atoms with E-state index in [0.29, 0.717) is 12.0 Å². The van der Waals surface area contributed by atoms with Crippen LogP contribution in [0.2, 0.25) is 0 Å². The lowest BCUT2D eigenvalue weighted by Gasteiger charge is -2.27. The topological polar surface area (TPSA) is 75.4 Å². The Balaban J connectivity index is 1.36. The number of nitriles is 1. The summed E-state index contributed by atoms with van der Waals surface area (Å²) in [5.41, 5.74) is 10.7. The second kappa shape index (κ2) is 8.61. The zero-order valence-corrected chi connectivity index (χ0v) is 18.8. The summed E-state index contributed by atoms with van der Waals surface area (Å²) in [7, 11) is 0. The quantitative estimate of drug-likeness (QED) is 0.600. The molecule has 1 saturated heterocycles. The number of benzene rings is 2. The van der Waals surface area contributed by atoms with Gasteiger partial charge in [0.25, 0.3) is 0 Å². The van der Waals surface area contributed by atoms with Crippen molar-refractivity contribution < 1.29 is 4.74 Å². The van der Waals surface area contributed by atoms with E-state index in [0.717, 1.165) is 58.2 Å². The summed E-state index contributed by atoms with van der Waals surface area (Å²) in [6.07, 6.45) is 8.17. The first-order valence-corrected chi connectivity index (χ1v) is 11.3. The molecule has 3 aliphatic heterocycles. The van der Waals surface area contributed by atoms with E-state index in [9.17, 15) is 5.26 Å². The van der Waals surface area contributed by atoms with Crippen molar-refractivity contribution in [3.63, 3.8) is 0 Å². The summed E-state index contributed by atoms with van der Waals surface area (Å²) in [5.74, 6) is 0.810. The third-order valence-electron chi connectivity index (χ3n) is 6.50. The van der Waals surface area contributed by atoms with Gasteiger partial charge in [-0.2, -0.15) is 5.26 Å². The summed E-state index contributed by atoms with van der Waals surface area (Å²) in [5, 5.41) is 19.7. The Hall–Kier alpha value is -3.82. The summed E-state index contributed by atoms with van der Waals surface area (Å²) in [6.45, 7) is 8.39. The maximum absolute atomic E-state index is 9.58. The van der Waals surface area contributed by atoms with Gasteiger partial charge in [0.15, 0.2) is 0 Å². The highest BCUT2D eigenvalue weighted by Crippen LogP contribution is 2.44. The van der Waals surface area contributed by atoms with Crippen LogP contribution < -0.4 is 10.3 Å². The summed E-state index contributed by atoms with van der Waals surface area (Å²) in [6, 6.07) is 14.3. The zero-order valence-electron chi connectivity index (χ0n) is 18.8. The molecule has 0 bridgehead atoms.